The molecular formula is C29H40N6S. The van der Waals surface area contributed by atoms with E-state index in [1.54, 1.807) is 0 Å². The van der Waals surface area contributed by atoms with Crippen LogP contribution >= 0.6 is 12.2 Å². The third-order valence-electron chi connectivity index (χ3n) is 7.16. The van der Waals surface area contributed by atoms with Gasteiger partial charge in [0, 0.05) is 37.8 Å². The van der Waals surface area contributed by atoms with Crippen LogP contribution in [-0.2, 0) is 6.42 Å². The Labute approximate surface area is 221 Å². The van der Waals surface area contributed by atoms with Crippen LogP contribution in [0.3, 0.4) is 0 Å². The summed E-state index contributed by atoms with van der Waals surface area (Å²) in [6.45, 7) is 7.55. The number of para-hydroxylation sites is 2. The van der Waals surface area contributed by atoms with Crippen LogP contribution in [0.4, 0.5) is 17.5 Å². The summed E-state index contributed by atoms with van der Waals surface area (Å²) in [6, 6.07) is 15.1. The van der Waals surface area contributed by atoms with E-state index >= 15 is 0 Å². The average molecular weight is 505 g/mol. The van der Waals surface area contributed by atoms with Gasteiger partial charge in [-0.2, -0.15) is 4.98 Å². The molecule has 1 aliphatic carbocycles. The largest absolute Gasteiger partial charge is 0.362 e. The number of nitrogens with one attached hydrogen (secondary N) is 3. The van der Waals surface area contributed by atoms with E-state index in [9.17, 15) is 0 Å². The normalized spacial score (nSPS) is 17.7. The molecule has 7 heteroatoms. The molecule has 2 aromatic carbocycles. The summed E-state index contributed by atoms with van der Waals surface area (Å²) in [4.78, 5) is 11.6. The summed E-state index contributed by atoms with van der Waals surface area (Å²) in [7, 11) is 4.06. The zero-order valence-corrected chi connectivity index (χ0v) is 23.1. The van der Waals surface area contributed by atoms with E-state index in [4.69, 9.17) is 22.2 Å². The fourth-order valence-electron chi connectivity index (χ4n) is 5.10. The molecule has 0 radical (unpaired) electrons. The number of aromatic nitrogens is 2. The lowest BCUT2D eigenvalue weighted by atomic mass is 9.86. The first-order valence-electron chi connectivity index (χ1n) is 13.2. The molecule has 0 bridgehead atoms. The summed E-state index contributed by atoms with van der Waals surface area (Å²) in [5, 5.41) is 12.4. The van der Waals surface area contributed by atoms with Crippen molar-refractivity contribution >= 4 is 45.7 Å². The van der Waals surface area contributed by atoms with Gasteiger partial charge in [0.1, 0.15) is 5.82 Å². The summed E-state index contributed by atoms with van der Waals surface area (Å²) >= 11 is 5.68. The molecule has 3 N–H and O–H groups in total. The van der Waals surface area contributed by atoms with E-state index in [2.05, 4.69) is 72.0 Å². The quantitative estimate of drug-likeness (QED) is 0.309. The van der Waals surface area contributed by atoms with Crippen molar-refractivity contribution in [3.05, 3.63) is 53.6 Å². The second kappa shape index (κ2) is 11.9. The first-order chi connectivity index (χ1) is 17.4. The van der Waals surface area contributed by atoms with Gasteiger partial charge in [0.25, 0.3) is 0 Å². The molecule has 0 amide bonds. The predicted octanol–water partition coefficient (Wildman–Crippen LogP) is 6.34. The number of benzene rings is 2. The Balaban J connectivity index is 1.30. The van der Waals surface area contributed by atoms with Crippen molar-refractivity contribution in [1.82, 2.24) is 15.3 Å². The molecule has 0 unspecified atom stereocenters. The van der Waals surface area contributed by atoms with Crippen molar-refractivity contribution in [3.63, 3.8) is 0 Å². The van der Waals surface area contributed by atoms with Crippen molar-refractivity contribution in [1.29, 1.82) is 0 Å². The molecule has 1 aromatic heterocycles. The van der Waals surface area contributed by atoms with Crippen molar-refractivity contribution < 1.29 is 0 Å². The Morgan fingerprint density at radius 3 is 2.47 bits per heavy atom. The minimum absolute atomic E-state index is 0.396. The Morgan fingerprint density at radius 1 is 1.03 bits per heavy atom. The number of hydrogen-bond donors (Lipinski definition) is 3. The monoisotopic (exact) mass is 504 g/mol. The van der Waals surface area contributed by atoms with Crippen LogP contribution in [0.5, 0.6) is 0 Å². The number of aryl methyl sites for hydroxylation is 1. The number of nitrogens with zero attached hydrogens (tertiary/aromatic N) is 3. The molecule has 0 aliphatic heterocycles. The van der Waals surface area contributed by atoms with Gasteiger partial charge in [-0.05, 0) is 79.4 Å². The fraction of sp³-hybridized carbons (Fsp3) is 0.483. The van der Waals surface area contributed by atoms with Gasteiger partial charge < -0.3 is 20.9 Å². The molecule has 0 atom stereocenters. The average Bonchev–Trinajstić information content (AvgIpc) is 2.87. The van der Waals surface area contributed by atoms with E-state index < -0.39 is 0 Å². The Bertz CT molecular complexity index is 1180. The number of thiocarbonyl (C=S) groups is 1. The van der Waals surface area contributed by atoms with Gasteiger partial charge in [-0.25, -0.2) is 4.98 Å². The van der Waals surface area contributed by atoms with E-state index in [1.807, 2.05) is 26.2 Å². The lowest BCUT2D eigenvalue weighted by Crippen LogP contribution is -2.36. The maximum Gasteiger partial charge on any atom is 0.225 e. The van der Waals surface area contributed by atoms with E-state index in [0.717, 1.165) is 66.4 Å². The van der Waals surface area contributed by atoms with Crippen molar-refractivity contribution in [2.45, 2.75) is 64.8 Å². The molecule has 1 saturated carbocycles. The fourth-order valence-corrected chi connectivity index (χ4v) is 5.29. The lowest BCUT2D eigenvalue weighted by Gasteiger charge is -2.30. The van der Waals surface area contributed by atoms with Crippen LogP contribution in [0.1, 0.15) is 63.5 Å². The molecule has 36 heavy (non-hydrogen) atoms. The second-order valence-electron chi connectivity index (χ2n) is 10.4. The first-order valence-corrected chi connectivity index (χ1v) is 13.6. The highest BCUT2D eigenvalue weighted by atomic mass is 32.1. The molecule has 0 spiro atoms. The first kappa shape index (κ1) is 26.1. The number of anilines is 3. The minimum atomic E-state index is 0.396. The molecule has 192 valence electrons. The van der Waals surface area contributed by atoms with E-state index in [1.165, 1.54) is 16.8 Å². The standard InChI is InChI=1S/C29H40N6S/c1-6-21-10-9-12-23(19(2)3)26(21)33-29(36)30-18-20-14-16-22(17-15-20)31-28-32-25-13-8-7-11-24(25)27(34-28)35(4)5/h7-13,19-20,22H,6,14-18H2,1-5H3,(H2,30,33,36)(H,31,32,34). The van der Waals surface area contributed by atoms with Crippen LogP contribution in [0.2, 0.25) is 0 Å². The molecule has 1 aliphatic rings. The number of fused-ring (bicyclic) bond motifs is 1. The summed E-state index contributed by atoms with van der Waals surface area (Å²) < 4.78 is 0. The second-order valence-corrected chi connectivity index (χ2v) is 10.8. The molecule has 0 saturated heterocycles. The van der Waals surface area contributed by atoms with Crippen LogP contribution in [0.15, 0.2) is 42.5 Å². The molecule has 3 aromatic rings. The molecule has 6 nitrogen and oxygen atoms in total. The molecule has 4 rings (SSSR count). The van der Waals surface area contributed by atoms with Gasteiger partial charge >= 0.3 is 0 Å². The van der Waals surface area contributed by atoms with Gasteiger partial charge in [0.2, 0.25) is 5.95 Å². The van der Waals surface area contributed by atoms with E-state index in [0.29, 0.717) is 17.9 Å². The summed E-state index contributed by atoms with van der Waals surface area (Å²) in [6.07, 6.45) is 5.51. The maximum atomic E-state index is 5.68. The third-order valence-corrected chi connectivity index (χ3v) is 7.41. The minimum Gasteiger partial charge on any atom is -0.362 e. The number of hydrogen-bond acceptors (Lipinski definition) is 5. The predicted molar refractivity (Wildman–Crippen MR) is 157 cm³/mol. The van der Waals surface area contributed by atoms with Crippen LogP contribution in [0, 0.1) is 5.92 Å². The van der Waals surface area contributed by atoms with Crippen molar-refractivity contribution in [3.8, 4) is 0 Å². The lowest BCUT2D eigenvalue weighted by molar-refractivity contribution is 0.336. The highest BCUT2D eigenvalue weighted by molar-refractivity contribution is 7.80. The van der Waals surface area contributed by atoms with Crippen LogP contribution in [0.25, 0.3) is 10.9 Å². The van der Waals surface area contributed by atoms with Crippen LogP contribution in [-0.4, -0.2) is 41.8 Å². The van der Waals surface area contributed by atoms with Gasteiger partial charge in [0.15, 0.2) is 5.11 Å². The third kappa shape index (κ3) is 6.25. The Kier molecular flexibility index (Phi) is 8.62. The van der Waals surface area contributed by atoms with Crippen molar-refractivity contribution in [2.75, 3.05) is 36.2 Å². The molecule has 1 fully saturated rings. The maximum absolute atomic E-state index is 5.68. The SMILES string of the molecule is CCc1cccc(C(C)C)c1NC(=S)NCC1CCC(Nc2nc(N(C)C)c3ccccc3n2)CC1. The summed E-state index contributed by atoms with van der Waals surface area (Å²) in [5.41, 5.74) is 4.78. The van der Waals surface area contributed by atoms with Gasteiger partial charge in [-0.3, -0.25) is 0 Å². The van der Waals surface area contributed by atoms with Crippen molar-refractivity contribution in [2.24, 2.45) is 5.92 Å². The zero-order valence-electron chi connectivity index (χ0n) is 22.3. The Hall–Kier alpha value is -2.93. The van der Waals surface area contributed by atoms with E-state index in [-0.39, 0.29) is 0 Å². The summed E-state index contributed by atoms with van der Waals surface area (Å²) in [5.74, 6) is 2.74. The Morgan fingerprint density at radius 2 is 1.78 bits per heavy atom. The highest BCUT2D eigenvalue weighted by Crippen LogP contribution is 2.30. The molecule has 1 heterocycles. The van der Waals surface area contributed by atoms with Gasteiger partial charge in [-0.15, -0.1) is 0 Å². The number of rotatable bonds is 8. The van der Waals surface area contributed by atoms with Gasteiger partial charge in [-0.1, -0.05) is 51.1 Å². The zero-order chi connectivity index (χ0) is 25.7. The topological polar surface area (TPSA) is 65.1 Å². The molecular weight excluding hydrogens is 464 g/mol. The van der Waals surface area contributed by atoms with Crippen LogP contribution < -0.4 is 20.9 Å². The van der Waals surface area contributed by atoms with Gasteiger partial charge in [0.05, 0.1) is 5.52 Å². The highest BCUT2D eigenvalue weighted by Gasteiger charge is 2.23. The smallest absolute Gasteiger partial charge is 0.225 e.